The number of hydrogen-bond donors (Lipinski definition) is 2. The minimum absolute atomic E-state index is 0.0273. The first-order chi connectivity index (χ1) is 7.84. The van der Waals surface area contributed by atoms with Crippen LogP contribution in [0.1, 0.15) is 5.56 Å². The molecule has 1 aromatic rings. The van der Waals surface area contributed by atoms with Crippen LogP contribution in [-0.4, -0.2) is 26.3 Å². The number of aryl methyl sites for hydroxylation is 1. The lowest BCUT2D eigenvalue weighted by molar-refractivity contribution is -0.113. The average Bonchev–Trinajstić information content (AvgIpc) is 2.19. The Morgan fingerprint density at radius 1 is 1.47 bits per heavy atom. The number of benzene rings is 1. The fraction of sp³-hybridized carbons (Fsp3) is 0.300. The highest BCUT2D eigenvalue weighted by Gasteiger charge is 2.12. The van der Waals surface area contributed by atoms with Crippen molar-refractivity contribution in [3.63, 3.8) is 0 Å². The largest absolute Gasteiger partial charge is 0.325 e. The van der Waals surface area contributed by atoms with Crippen molar-refractivity contribution in [2.75, 3.05) is 17.3 Å². The topological polar surface area (TPSA) is 89.3 Å². The molecule has 0 spiro atoms. The molecule has 1 rings (SSSR count). The van der Waals surface area contributed by atoms with Gasteiger partial charge in [0.15, 0.2) is 0 Å². The first-order valence-electron chi connectivity index (χ1n) is 4.77. The molecule has 17 heavy (non-hydrogen) atoms. The normalized spacial score (nSPS) is 11.2. The zero-order valence-electron chi connectivity index (χ0n) is 9.56. The Hall–Kier alpha value is -1.05. The Labute approximate surface area is 105 Å². The Morgan fingerprint density at radius 3 is 2.65 bits per heavy atom. The van der Waals surface area contributed by atoms with Crippen LogP contribution in [0.5, 0.6) is 0 Å². The van der Waals surface area contributed by atoms with Gasteiger partial charge in [-0.1, -0.05) is 6.07 Å². The first-order valence-corrected chi connectivity index (χ1v) is 7.71. The van der Waals surface area contributed by atoms with Crippen LogP contribution < -0.4 is 10.5 Å². The van der Waals surface area contributed by atoms with E-state index < -0.39 is 10.0 Å². The zero-order chi connectivity index (χ0) is 13.1. The number of sulfonamides is 1. The van der Waals surface area contributed by atoms with Gasteiger partial charge in [0.05, 0.1) is 10.6 Å². The maximum absolute atomic E-state index is 11.3. The lowest BCUT2D eigenvalue weighted by Crippen LogP contribution is -2.16. The molecule has 0 aliphatic rings. The Balaban J connectivity index is 3.02. The number of nitrogens with one attached hydrogen (secondary N) is 1. The molecule has 5 nitrogen and oxygen atoms in total. The van der Waals surface area contributed by atoms with Gasteiger partial charge in [-0.3, -0.25) is 4.79 Å². The molecule has 1 aromatic carbocycles. The summed E-state index contributed by atoms with van der Waals surface area (Å²) in [6.45, 7) is 1.65. The van der Waals surface area contributed by atoms with Gasteiger partial charge in [0.25, 0.3) is 0 Å². The van der Waals surface area contributed by atoms with E-state index in [0.29, 0.717) is 17.0 Å². The minimum Gasteiger partial charge on any atom is -0.325 e. The number of amides is 1. The molecule has 0 aliphatic heterocycles. The minimum atomic E-state index is -3.76. The van der Waals surface area contributed by atoms with Crippen molar-refractivity contribution in [3.05, 3.63) is 23.8 Å². The van der Waals surface area contributed by atoms with Crippen LogP contribution in [0.3, 0.4) is 0 Å². The van der Waals surface area contributed by atoms with Gasteiger partial charge in [0, 0.05) is 5.69 Å². The third-order valence-electron chi connectivity index (χ3n) is 2.05. The van der Waals surface area contributed by atoms with Crippen LogP contribution in [0.2, 0.25) is 0 Å². The summed E-state index contributed by atoms with van der Waals surface area (Å²) in [5.41, 5.74) is 0.981. The lowest BCUT2D eigenvalue weighted by atomic mass is 10.2. The molecular formula is C10H14N2O3S2. The third kappa shape index (κ3) is 4.03. The molecule has 94 valence electrons. The number of carbonyl (C=O) groups is 1. The van der Waals surface area contributed by atoms with E-state index in [-0.39, 0.29) is 10.8 Å². The standard InChI is InChI=1S/C10H14N2O3S2/c1-7-3-4-8(12-10(13)6-16-2)5-9(7)17(11,14)15/h3-5H,6H2,1-2H3,(H,12,13)(H2,11,14,15). The Kier molecular flexibility index (Phi) is 4.55. The molecule has 0 heterocycles. The maximum Gasteiger partial charge on any atom is 0.238 e. The summed E-state index contributed by atoms with van der Waals surface area (Å²) in [6.07, 6.45) is 1.81. The van der Waals surface area contributed by atoms with Crippen molar-refractivity contribution < 1.29 is 13.2 Å². The molecule has 7 heteroatoms. The Bertz CT molecular complexity index is 526. The van der Waals surface area contributed by atoms with Crippen molar-refractivity contribution in [2.45, 2.75) is 11.8 Å². The van der Waals surface area contributed by atoms with E-state index in [1.54, 1.807) is 19.1 Å². The van der Waals surface area contributed by atoms with Crippen molar-refractivity contribution >= 4 is 33.4 Å². The van der Waals surface area contributed by atoms with Crippen LogP contribution in [0.25, 0.3) is 0 Å². The van der Waals surface area contributed by atoms with Crippen LogP contribution >= 0.6 is 11.8 Å². The summed E-state index contributed by atoms with van der Waals surface area (Å²) in [7, 11) is -3.76. The number of carbonyl (C=O) groups excluding carboxylic acids is 1. The van der Waals surface area contributed by atoms with Crippen LogP contribution in [0.4, 0.5) is 5.69 Å². The van der Waals surface area contributed by atoms with Gasteiger partial charge in [-0.05, 0) is 30.9 Å². The van der Waals surface area contributed by atoms with Gasteiger partial charge < -0.3 is 5.32 Å². The zero-order valence-corrected chi connectivity index (χ0v) is 11.2. The van der Waals surface area contributed by atoms with Crippen LogP contribution in [0.15, 0.2) is 23.1 Å². The van der Waals surface area contributed by atoms with E-state index in [2.05, 4.69) is 5.32 Å². The van der Waals surface area contributed by atoms with E-state index in [1.165, 1.54) is 17.8 Å². The summed E-state index contributed by atoms with van der Waals surface area (Å²) in [4.78, 5) is 11.4. The highest BCUT2D eigenvalue weighted by molar-refractivity contribution is 7.99. The molecule has 1 amide bonds. The highest BCUT2D eigenvalue weighted by Crippen LogP contribution is 2.19. The Morgan fingerprint density at radius 2 is 2.12 bits per heavy atom. The second kappa shape index (κ2) is 5.52. The molecule has 0 bridgehead atoms. The van der Waals surface area contributed by atoms with E-state index in [0.717, 1.165) is 0 Å². The second-order valence-corrected chi connectivity index (χ2v) is 5.90. The van der Waals surface area contributed by atoms with E-state index in [4.69, 9.17) is 5.14 Å². The van der Waals surface area contributed by atoms with E-state index >= 15 is 0 Å². The van der Waals surface area contributed by atoms with E-state index in [9.17, 15) is 13.2 Å². The first kappa shape index (κ1) is 14.0. The van der Waals surface area contributed by atoms with Gasteiger partial charge >= 0.3 is 0 Å². The van der Waals surface area contributed by atoms with Crippen molar-refractivity contribution in [3.8, 4) is 0 Å². The number of nitrogens with two attached hydrogens (primary N) is 1. The number of anilines is 1. The van der Waals surface area contributed by atoms with Gasteiger partial charge in [0.1, 0.15) is 0 Å². The third-order valence-corrected chi connectivity index (χ3v) is 3.66. The summed E-state index contributed by atoms with van der Waals surface area (Å²) in [5, 5.41) is 7.67. The van der Waals surface area contributed by atoms with Crippen LogP contribution in [0, 0.1) is 6.92 Å². The van der Waals surface area contributed by atoms with E-state index in [1.807, 2.05) is 6.26 Å². The lowest BCUT2D eigenvalue weighted by Gasteiger charge is -2.08. The second-order valence-electron chi connectivity index (χ2n) is 3.51. The molecule has 3 N–H and O–H groups in total. The number of hydrogen-bond acceptors (Lipinski definition) is 4. The van der Waals surface area contributed by atoms with Gasteiger partial charge in [-0.15, -0.1) is 0 Å². The summed E-state index contributed by atoms with van der Waals surface area (Å²) in [5.74, 6) is 0.139. The SMILES string of the molecule is CSCC(=O)Nc1ccc(C)c(S(N)(=O)=O)c1. The molecule has 0 radical (unpaired) electrons. The molecule has 0 saturated heterocycles. The van der Waals surface area contributed by atoms with Gasteiger partial charge in [-0.25, -0.2) is 13.6 Å². The van der Waals surface area contributed by atoms with Crippen molar-refractivity contribution in [2.24, 2.45) is 5.14 Å². The fourth-order valence-corrected chi connectivity index (χ4v) is 2.45. The predicted molar refractivity (Wildman–Crippen MR) is 69.6 cm³/mol. The smallest absolute Gasteiger partial charge is 0.238 e. The summed E-state index contributed by atoms with van der Waals surface area (Å²) < 4.78 is 22.6. The molecule has 0 fully saturated rings. The summed E-state index contributed by atoms with van der Waals surface area (Å²) >= 11 is 1.39. The molecule has 0 aliphatic carbocycles. The molecule has 0 atom stereocenters. The van der Waals surface area contributed by atoms with Crippen molar-refractivity contribution in [1.29, 1.82) is 0 Å². The monoisotopic (exact) mass is 274 g/mol. The fourth-order valence-electron chi connectivity index (χ4n) is 1.31. The van der Waals surface area contributed by atoms with Crippen molar-refractivity contribution in [1.82, 2.24) is 0 Å². The predicted octanol–water partition coefficient (Wildman–Crippen LogP) is 0.944. The highest BCUT2D eigenvalue weighted by atomic mass is 32.2. The van der Waals surface area contributed by atoms with Crippen LogP contribution in [-0.2, 0) is 14.8 Å². The molecule has 0 unspecified atom stereocenters. The number of thioether (sulfide) groups is 1. The molecule has 0 saturated carbocycles. The summed E-state index contributed by atoms with van der Waals surface area (Å²) in [6, 6.07) is 4.61. The molecular weight excluding hydrogens is 260 g/mol. The molecule has 0 aromatic heterocycles. The number of primary sulfonamides is 1. The quantitative estimate of drug-likeness (QED) is 0.855. The van der Waals surface area contributed by atoms with Gasteiger partial charge in [-0.2, -0.15) is 11.8 Å². The number of rotatable bonds is 4. The van der Waals surface area contributed by atoms with Gasteiger partial charge in [0.2, 0.25) is 15.9 Å². The maximum atomic E-state index is 11.3. The average molecular weight is 274 g/mol.